The van der Waals surface area contributed by atoms with Crippen LogP contribution in [0.5, 0.6) is 0 Å². The summed E-state index contributed by atoms with van der Waals surface area (Å²) in [4.78, 5) is 7.18. The van der Waals surface area contributed by atoms with Crippen LogP contribution in [0.4, 0.5) is 0 Å². The fourth-order valence-corrected chi connectivity index (χ4v) is 3.31. The number of rotatable bonds is 3. The number of likely N-dealkylation sites (tertiary alicyclic amines) is 1. The van der Waals surface area contributed by atoms with Gasteiger partial charge in [-0.3, -0.25) is 0 Å². The molecule has 0 radical (unpaired) electrons. The van der Waals surface area contributed by atoms with Crippen molar-refractivity contribution in [3.8, 4) is 0 Å². The molecule has 0 spiro atoms. The van der Waals surface area contributed by atoms with Crippen molar-refractivity contribution >= 4 is 22.6 Å². The summed E-state index contributed by atoms with van der Waals surface area (Å²) in [5.41, 5.74) is 2.29. The molecule has 1 aromatic carbocycles. The Labute approximate surface area is 119 Å². The minimum absolute atomic E-state index is 0.483. The first kappa shape index (κ1) is 12.9. The molecule has 1 aliphatic heterocycles. The molecule has 1 aliphatic rings. The van der Waals surface area contributed by atoms with Gasteiger partial charge in [-0.25, -0.2) is 4.98 Å². The maximum absolute atomic E-state index is 6.10. The van der Waals surface area contributed by atoms with Crippen LogP contribution in [0.25, 0.3) is 11.0 Å². The topological polar surface area (TPSA) is 21.1 Å². The third kappa shape index (κ3) is 2.37. The van der Waals surface area contributed by atoms with Gasteiger partial charge in [-0.05, 0) is 38.1 Å². The van der Waals surface area contributed by atoms with Crippen LogP contribution in [0, 0.1) is 0 Å². The highest BCUT2D eigenvalue weighted by molar-refractivity contribution is 6.16. The number of hydrogen-bond acceptors (Lipinski definition) is 2. The Morgan fingerprint density at radius 3 is 3.00 bits per heavy atom. The van der Waals surface area contributed by atoms with Crippen LogP contribution < -0.4 is 0 Å². The summed E-state index contributed by atoms with van der Waals surface area (Å²) in [5.74, 6) is 1.49. The van der Waals surface area contributed by atoms with Crippen molar-refractivity contribution in [2.24, 2.45) is 0 Å². The zero-order valence-electron chi connectivity index (χ0n) is 11.3. The molecule has 1 fully saturated rings. The second-order valence-electron chi connectivity index (χ2n) is 5.21. The minimum Gasteiger partial charge on any atom is -0.323 e. The van der Waals surface area contributed by atoms with Gasteiger partial charge in [0.1, 0.15) is 5.82 Å². The lowest BCUT2D eigenvalue weighted by Gasteiger charge is -2.33. The molecule has 2 aromatic rings. The van der Waals surface area contributed by atoms with Gasteiger partial charge in [-0.1, -0.05) is 19.1 Å². The Morgan fingerprint density at radius 2 is 2.21 bits per heavy atom. The molecule has 19 heavy (non-hydrogen) atoms. The van der Waals surface area contributed by atoms with E-state index in [4.69, 9.17) is 11.6 Å². The molecule has 0 bridgehead atoms. The monoisotopic (exact) mass is 277 g/mol. The molecule has 0 amide bonds. The Kier molecular flexibility index (Phi) is 3.76. The molecule has 1 unspecified atom stereocenters. The van der Waals surface area contributed by atoms with Gasteiger partial charge in [-0.2, -0.15) is 0 Å². The molecule has 1 saturated heterocycles. The molecule has 0 saturated carbocycles. The molecule has 3 nitrogen and oxygen atoms in total. The number of piperidine rings is 1. The smallest absolute Gasteiger partial charge is 0.125 e. The maximum atomic E-state index is 6.10. The summed E-state index contributed by atoms with van der Waals surface area (Å²) in [6.45, 7) is 5.69. The molecule has 0 N–H and O–H groups in total. The summed E-state index contributed by atoms with van der Waals surface area (Å²) in [7, 11) is 0. The van der Waals surface area contributed by atoms with E-state index in [1.165, 1.54) is 24.9 Å². The van der Waals surface area contributed by atoms with Crippen LogP contribution in [-0.4, -0.2) is 34.1 Å². The second kappa shape index (κ2) is 5.51. The van der Waals surface area contributed by atoms with Gasteiger partial charge in [0.2, 0.25) is 0 Å². The van der Waals surface area contributed by atoms with Gasteiger partial charge in [0.05, 0.1) is 16.9 Å². The van der Waals surface area contributed by atoms with E-state index in [0.717, 1.165) is 24.4 Å². The van der Waals surface area contributed by atoms with E-state index in [2.05, 4.69) is 39.6 Å². The van der Waals surface area contributed by atoms with Gasteiger partial charge in [0.15, 0.2) is 0 Å². The molecule has 3 rings (SSSR count). The zero-order valence-corrected chi connectivity index (χ0v) is 12.1. The predicted octanol–water partition coefficient (Wildman–Crippen LogP) is 3.43. The minimum atomic E-state index is 0.483. The molecular weight excluding hydrogens is 258 g/mol. The summed E-state index contributed by atoms with van der Waals surface area (Å²) in [6.07, 6.45) is 2.48. The number of imidazole rings is 1. The average Bonchev–Trinajstić information content (AvgIpc) is 2.85. The van der Waals surface area contributed by atoms with E-state index in [1.54, 1.807) is 0 Å². The quantitative estimate of drug-likeness (QED) is 0.802. The Hall–Kier alpha value is -1.06. The number of nitrogens with zero attached hydrogens (tertiary/aromatic N) is 3. The molecule has 0 aliphatic carbocycles. The van der Waals surface area contributed by atoms with Crippen molar-refractivity contribution in [3.63, 3.8) is 0 Å². The van der Waals surface area contributed by atoms with Gasteiger partial charge in [0.25, 0.3) is 0 Å². The number of para-hydroxylation sites is 2. The van der Waals surface area contributed by atoms with Crippen LogP contribution in [0.15, 0.2) is 24.3 Å². The van der Waals surface area contributed by atoms with E-state index in [-0.39, 0.29) is 0 Å². The summed E-state index contributed by atoms with van der Waals surface area (Å²) in [6, 6.07) is 8.86. The Morgan fingerprint density at radius 1 is 1.37 bits per heavy atom. The maximum Gasteiger partial charge on any atom is 0.125 e. The van der Waals surface area contributed by atoms with Crippen LogP contribution in [0.2, 0.25) is 0 Å². The van der Waals surface area contributed by atoms with Crippen LogP contribution in [0.1, 0.15) is 31.6 Å². The van der Waals surface area contributed by atoms with Crippen LogP contribution in [0.3, 0.4) is 0 Å². The highest BCUT2D eigenvalue weighted by atomic mass is 35.5. The van der Waals surface area contributed by atoms with Crippen molar-refractivity contribution in [1.82, 2.24) is 14.5 Å². The average molecular weight is 278 g/mol. The summed E-state index contributed by atoms with van der Waals surface area (Å²) >= 11 is 6.10. The Bertz CT molecular complexity index is 564. The highest BCUT2D eigenvalue weighted by Crippen LogP contribution is 2.28. The molecule has 1 atom stereocenters. The van der Waals surface area contributed by atoms with Crippen molar-refractivity contribution in [2.45, 2.75) is 31.7 Å². The molecule has 2 heterocycles. The molecule has 1 aromatic heterocycles. The van der Waals surface area contributed by atoms with Crippen LogP contribution >= 0.6 is 11.6 Å². The summed E-state index contributed by atoms with van der Waals surface area (Å²) in [5, 5.41) is 0. The lowest BCUT2D eigenvalue weighted by atomic mass is 10.1. The summed E-state index contributed by atoms with van der Waals surface area (Å²) < 4.78 is 2.37. The largest absolute Gasteiger partial charge is 0.323 e. The number of fused-ring (bicyclic) bond motifs is 1. The van der Waals surface area contributed by atoms with Crippen LogP contribution in [-0.2, 0) is 5.88 Å². The fraction of sp³-hybridized carbons (Fsp3) is 0.533. The third-order valence-corrected chi connectivity index (χ3v) is 4.32. The normalized spacial score (nSPS) is 21.1. The van der Waals surface area contributed by atoms with Gasteiger partial charge >= 0.3 is 0 Å². The first-order chi connectivity index (χ1) is 9.33. The van der Waals surface area contributed by atoms with Gasteiger partial charge < -0.3 is 9.47 Å². The van der Waals surface area contributed by atoms with Crippen molar-refractivity contribution in [2.75, 3.05) is 19.6 Å². The van der Waals surface area contributed by atoms with E-state index in [9.17, 15) is 0 Å². The lowest BCUT2D eigenvalue weighted by Crippen LogP contribution is -2.36. The fourth-order valence-electron chi connectivity index (χ4n) is 3.13. The van der Waals surface area contributed by atoms with Gasteiger partial charge in [-0.15, -0.1) is 11.6 Å². The standard InChI is InChI=1S/C15H20ClN3/c1-2-18-9-5-6-12(11-18)19-14-8-4-3-7-13(14)17-15(19)10-16/h3-4,7-8,12H,2,5-6,9-11H2,1H3. The number of halogens is 1. The molecular formula is C15H20ClN3. The highest BCUT2D eigenvalue weighted by Gasteiger charge is 2.23. The van der Waals surface area contributed by atoms with E-state index in [1.807, 2.05) is 6.07 Å². The van der Waals surface area contributed by atoms with E-state index >= 15 is 0 Å². The van der Waals surface area contributed by atoms with Crippen molar-refractivity contribution in [3.05, 3.63) is 30.1 Å². The predicted molar refractivity (Wildman–Crippen MR) is 79.7 cm³/mol. The Balaban J connectivity index is 2.02. The number of alkyl halides is 1. The lowest BCUT2D eigenvalue weighted by molar-refractivity contribution is 0.186. The number of hydrogen-bond donors (Lipinski definition) is 0. The SMILES string of the molecule is CCN1CCCC(n2c(CCl)nc3ccccc32)C1. The second-order valence-corrected chi connectivity index (χ2v) is 5.48. The van der Waals surface area contributed by atoms with E-state index in [0.29, 0.717) is 11.9 Å². The van der Waals surface area contributed by atoms with Crippen molar-refractivity contribution in [1.29, 1.82) is 0 Å². The van der Waals surface area contributed by atoms with E-state index < -0.39 is 0 Å². The zero-order chi connectivity index (χ0) is 13.2. The number of aromatic nitrogens is 2. The first-order valence-electron chi connectivity index (χ1n) is 7.07. The molecule has 4 heteroatoms. The van der Waals surface area contributed by atoms with Crippen molar-refractivity contribution < 1.29 is 0 Å². The first-order valence-corrected chi connectivity index (χ1v) is 7.61. The van der Waals surface area contributed by atoms with Gasteiger partial charge in [0, 0.05) is 12.6 Å². The number of benzene rings is 1. The molecule has 102 valence electrons. The third-order valence-electron chi connectivity index (χ3n) is 4.08. The number of likely N-dealkylation sites (N-methyl/N-ethyl adjacent to an activating group) is 1.